The summed E-state index contributed by atoms with van der Waals surface area (Å²) in [5, 5.41) is 5.46. The first kappa shape index (κ1) is 21.7. The SMILES string of the molecule is C=CCOC(=O)C1=C(C)N=C2SC=C(CC(=O)NCC)N2C1c1ccc(OC)cc1. The molecule has 0 radical (unpaired) electrons. The number of amidine groups is 1. The molecule has 1 aromatic rings. The first-order chi connectivity index (χ1) is 14.5. The lowest BCUT2D eigenvalue weighted by atomic mass is 9.93. The number of benzene rings is 1. The third kappa shape index (κ3) is 4.43. The number of carbonyl (C=O) groups is 2. The second kappa shape index (κ2) is 9.67. The van der Waals surface area contributed by atoms with E-state index >= 15 is 0 Å². The predicted octanol–water partition coefficient (Wildman–Crippen LogP) is 3.53. The van der Waals surface area contributed by atoms with Crippen LogP contribution in [0, 0.1) is 0 Å². The van der Waals surface area contributed by atoms with Gasteiger partial charge in [0.2, 0.25) is 5.91 Å². The lowest BCUT2D eigenvalue weighted by Crippen LogP contribution is -2.38. The van der Waals surface area contributed by atoms with Gasteiger partial charge in [-0.15, -0.1) is 0 Å². The van der Waals surface area contributed by atoms with E-state index in [4.69, 9.17) is 9.47 Å². The molecule has 0 saturated heterocycles. The molecule has 8 heteroatoms. The van der Waals surface area contributed by atoms with E-state index in [2.05, 4.69) is 16.9 Å². The number of hydrogen-bond donors (Lipinski definition) is 1. The van der Waals surface area contributed by atoms with Crippen LogP contribution in [-0.4, -0.2) is 42.2 Å². The minimum absolute atomic E-state index is 0.0823. The molecule has 1 atom stereocenters. The maximum Gasteiger partial charge on any atom is 0.338 e. The van der Waals surface area contributed by atoms with Crippen molar-refractivity contribution in [3.8, 4) is 5.75 Å². The third-order valence-electron chi connectivity index (χ3n) is 4.70. The van der Waals surface area contributed by atoms with Crippen LogP contribution in [0.15, 0.2) is 64.3 Å². The number of nitrogens with zero attached hydrogens (tertiary/aromatic N) is 2. The molecule has 158 valence electrons. The molecule has 1 unspecified atom stereocenters. The van der Waals surface area contributed by atoms with Crippen LogP contribution >= 0.6 is 11.8 Å². The van der Waals surface area contributed by atoms with Gasteiger partial charge in [-0.05, 0) is 37.0 Å². The number of thioether (sulfide) groups is 1. The largest absolute Gasteiger partial charge is 0.497 e. The van der Waals surface area contributed by atoms with Crippen LogP contribution in [0.5, 0.6) is 5.75 Å². The number of aliphatic imine (C=N–C) groups is 1. The van der Waals surface area contributed by atoms with Gasteiger partial charge in [-0.25, -0.2) is 9.79 Å². The van der Waals surface area contributed by atoms with Crippen molar-refractivity contribution in [2.45, 2.75) is 26.3 Å². The molecule has 2 aliphatic heterocycles. The zero-order valence-corrected chi connectivity index (χ0v) is 18.1. The van der Waals surface area contributed by atoms with Crippen molar-refractivity contribution in [1.82, 2.24) is 10.2 Å². The second-order valence-electron chi connectivity index (χ2n) is 6.68. The molecule has 0 bridgehead atoms. The van der Waals surface area contributed by atoms with Gasteiger partial charge in [0, 0.05) is 12.2 Å². The van der Waals surface area contributed by atoms with Crippen molar-refractivity contribution >= 4 is 28.8 Å². The molecule has 0 spiro atoms. The number of rotatable bonds is 8. The number of methoxy groups -OCH3 is 1. The molecule has 1 amide bonds. The summed E-state index contributed by atoms with van der Waals surface area (Å²) in [5.74, 6) is 0.181. The number of carbonyl (C=O) groups excluding carboxylic acids is 2. The molecule has 2 aliphatic rings. The Morgan fingerprint density at radius 1 is 1.33 bits per heavy atom. The number of amides is 1. The van der Waals surface area contributed by atoms with Crippen LogP contribution < -0.4 is 10.1 Å². The van der Waals surface area contributed by atoms with Crippen LogP contribution in [0.2, 0.25) is 0 Å². The van der Waals surface area contributed by atoms with Gasteiger partial charge in [-0.1, -0.05) is 36.5 Å². The first-order valence-electron chi connectivity index (χ1n) is 9.63. The summed E-state index contributed by atoms with van der Waals surface area (Å²) in [5.41, 5.74) is 2.69. The van der Waals surface area contributed by atoms with Gasteiger partial charge >= 0.3 is 5.97 Å². The molecule has 2 heterocycles. The summed E-state index contributed by atoms with van der Waals surface area (Å²) >= 11 is 1.44. The van der Waals surface area contributed by atoms with Gasteiger partial charge in [0.25, 0.3) is 0 Å². The standard InChI is InChI=1S/C22H25N3O4S/c1-5-11-29-21(27)19-14(3)24-22-25(16(13-30-22)12-18(26)23-6-2)20(19)15-7-9-17(28-4)10-8-15/h5,7-10,13,20H,1,6,11-12H2,2-4H3,(H,23,26). The highest BCUT2D eigenvalue weighted by Gasteiger charge is 2.41. The molecule has 0 saturated carbocycles. The van der Waals surface area contributed by atoms with Crippen LogP contribution in [0.3, 0.4) is 0 Å². The van der Waals surface area contributed by atoms with E-state index in [-0.39, 0.29) is 18.9 Å². The van der Waals surface area contributed by atoms with Crippen molar-refractivity contribution < 1.29 is 19.1 Å². The summed E-state index contributed by atoms with van der Waals surface area (Å²) < 4.78 is 10.6. The summed E-state index contributed by atoms with van der Waals surface area (Å²) in [6.45, 7) is 7.95. The van der Waals surface area contributed by atoms with Crippen molar-refractivity contribution in [3.63, 3.8) is 0 Å². The number of hydrogen-bond acceptors (Lipinski definition) is 7. The third-order valence-corrected chi connectivity index (χ3v) is 5.59. The van der Waals surface area contributed by atoms with Crippen LogP contribution in [0.4, 0.5) is 0 Å². The van der Waals surface area contributed by atoms with Crippen LogP contribution in [-0.2, 0) is 14.3 Å². The molecular formula is C22H25N3O4S. The Bertz CT molecular complexity index is 934. The second-order valence-corrected chi connectivity index (χ2v) is 7.52. The normalized spacial score (nSPS) is 17.7. The molecule has 1 N–H and O–H groups in total. The van der Waals surface area contributed by atoms with Crippen molar-refractivity contribution in [3.05, 3.63) is 64.9 Å². The van der Waals surface area contributed by atoms with Crippen molar-refractivity contribution in [1.29, 1.82) is 0 Å². The predicted molar refractivity (Wildman–Crippen MR) is 118 cm³/mol. The fourth-order valence-electron chi connectivity index (χ4n) is 3.37. The Morgan fingerprint density at radius 2 is 2.07 bits per heavy atom. The molecule has 0 aromatic heterocycles. The summed E-state index contributed by atoms with van der Waals surface area (Å²) in [4.78, 5) is 31.8. The zero-order chi connectivity index (χ0) is 21.7. The van der Waals surface area contributed by atoms with Crippen LogP contribution in [0.1, 0.15) is 31.9 Å². The van der Waals surface area contributed by atoms with E-state index in [1.807, 2.05) is 41.5 Å². The molecule has 3 rings (SSSR count). The molecule has 1 aromatic carbocycles. The number of nitrogens with one attached hydrogen (secondary N) is 1. The van der Waals surface area contributed by atoms with Crippen molar-refractivity contribution in [2.75, 3.05) is 20.3 Å². The van der Waals surface area contributed by atoms with Crippen LogP contribution in [0.25, 0.3) is 0 Å². The fourth-order valence-corrected chi connectivity index (χ4v) is 4.33. The van der Waals surface area contributed by atoms with Gasteiger partial charge in [0.05, 0.1) is 30.8 Å². The van der Waals surface area contributed by atoms with Gasteiger partial charge < -0.3 is 19.7 Å². The lowest BCUT2D eigenvalue weighted by molar-refractivity contribution is -0.138. The quantitative estimate of drug-likeness (QED) is 0.505. The van der Waals surface area contributed by atoms with E-state index in [1.165, 1.54) is 17.8 Å². The summed E-state index contributed by atoms with van der Waals surface area (Å²) in [6.07, 6.45) is 1.72. The van der Waals surface area contributed by atoms with Gasteiger partial charge in [0.1, 0.15) is 12.4 Å². The molecule has 0 fully saturated rings. The van der Waals surface area contributed by atoms with Gasteiger partial charge in [0.15, 0.2) is 5.17 Å². The minimum Gasteiger partial charge on any atom is -0.497 e. The Kier molecular flexibility index (Phi) is 6.99. The number of fused-ring (bicyclic) bond motifs is 1. The Hall–Kier alpha value is -3.00. The van der Waals surface area contributed by atoms with Gasteiger partial charge in [-0.2, -0.15) is 0 Å². The topological polar surface area (TPSA) is 80.2 Å². The summed E-state index contributed by atoms with van der Waals surface area (Å²) in [7, 11) is 1.60. The number of allylic oxidation sites excluding steroid dienone is 1. The summed E-state index contributed by atoms with van der Waals surface area (Å²) in [6, 6.07) is 7.05. The average Bonchev–Trinajstić information content (AvgIpc) is 3.13. The smallest absolute Gasteiger partial charge is 0.338 e. The fraction of sp³-hybridized carbons (Fsp3) is 0.318. The highest BCUT2D eigenvalue weighted by molar-refractivity contribution is 8.16. The number of esters is 1. The first-order valence-corrected chi connectivity index (χ1v) is 10.5. The Morgan fingerprint density at radius 3 is 2.70 bits per heavy atom. The lowest BCUT2D eigenvalue weighted by Gasteiger charge is -2.36. The van der Waals surface area contributed by atoms with Gasteiger partial charge in [-0.3, -0.25) is 4.79 Å². The molecule has 0 aliphatic carbocycles. The minimum atomic E-state index is -0.462. The number of ether oxygens (including phenoxy) is 2. The van der Waals surface area contributed by atoms with E-state index in [9.17, 15) is 9.59 Å². The monoisotopic (exact) mass is 427 g/mol. The average molecular weight is 428 g/mol. The maximum atomic E-state index is 12.9. The van der Waals surface area contributed by atoms with E-state index in [0.717, 1.165) is 16.4 Å². The molecule has 7 nitrogen and oxygen atoms in total. The Labute approximate surface area is 180 Å². The molecule has 30 heavy (non-hydrogen) atoms. The van der Waals surface area contributed by atoms with E-state index < -0.39 is 12.0 Å². The maximum absolute atomic E-state index is 12.9. The zero-order valence-electron chi connectivity index (χ0n) is 17.3. The van der Waals surface area contributed by atoms with E-state index in [1.54, 1.807) is 14.0 Å². The Balaban J connectivity index is 2.04. The highest BCUT2D eigenvalue weighted by Crippen LogP contribution is 2.45. The molecular weight excluding hydrogens is 402 g/mol. The van der Waals surface area contributed by atoms with Crippen molar-refractivity contribution in [2.24, 2.45) is 4.99 Å². The van der Waals surface area contributed by atoms with E-state index in [0.29, 0.717) is 23.6 Å². The highest BCUT2D eigenvalue weighted by atomic mass is 32.2.